The second-order valence-corrected chi connectivity index (χ2v) is 5.60. The number of nitrogens with zero attached hydrogens (tertiary/aromatic N) is 1. The molecule has 0 aliphatic heterocycles. The van der Waals surface area contributed by atoms with Gasteiger partial charge in [0.1, 0.15) is 0 Å². The van der Waals surface area contributed by atoms with Crippen LogP contribution in [0.25, 0.3) is 10.9 Å². The van der Waals surface area contributed by atoms with Crippen molar-refractivity contribution < 1.29 is 9.90 Å². The number of fused-ring (bicyclic) bond motifs is 1. The summed E-state index contributed by atoms with van der Waals surface area (Å²) in [5.74, 6) is -1.18. The molecule has 6 heteroatoms. The molecule has 112 valence electrons. The molecule has 0 radical (unpaired) electrons. The van der Waals surface area contributed by atoms with E-state index in [4.69, 9.17) is 28.3 Å². The Morgan fingerprint density at radius 2 is 2.00 bits per heavy atom. The van der Waals surface area contributed by atoms with Crippen LogP contribution in [0.3, 0.4) is 0 Å². The van der Waals surface area contributed by atoms with Gasteiger partial charge in [-0.15, -0.1) is 0 Å². The van der Waals surface area contributed by atoms with Crippen molar-refractivity contribution in [2.45, 2.75) is 32.7 Å². The van der Waals surface area contributed by atoms with Crippen LogP contribution in [0.1, 0.15) is 36.5 Å². The van der Waals surface area contributed by atoms with Gasteiger partial charge in [-0.3, -0.25) is 4.79 Å². The van der Waals surface area contributed by atoms with Gasteiger partial charge in [0.05, 0.1) is 21.1 Å². The molecule has 0 amide bonds. The number of carboxylic acid groups (broad SMARTS) is 1. The average Bonchev–Trinajstić information content (AvgIpc) is 2.41. The van der Waals surface area contributed by atoms with Crippen LogP contribution in [0.4, 0.5) is 0 Å². The van der Waals surface area contributed by atoms with Gasteiger partial charge in [0.15, 0.2) is 0 Å². The first-order valence-corrected chi connectivity index (χ1v) is 7.47. The fraction of sp³-hybridized carbons (Fsp3) is 0.333. The van der Waals surface area contributed by atoms with E-state index in [1.165, 1.54) is 12.1 Å². The molecule has 0 spiro atoms. The second kappa shape index (κ2) is 6.50. The van der Waals surface area contributed by atoms with Crippen molar-refractivity contribution in [2.75, 3.05) is 0 Å². The van der Waals surface area contributed by atoms with E-state index < -0.39 is 5.97 Å². The van der Waals surface area contributed by atoms with Crippen molar-refractivity contribution in [1.82, 2.24) is 4.57 Å². The summed E-state index contributed by atoms with van der Waals surface area (Å²) in [6, 6.07) is 4.44. The summed E-state index contributed by atoms with van der Waals surface area (Å²) >= 11 is 12.2. The number of pyridine rings is 1. The lowest BCUT2D eigenvalue weighted by atomic mass is 10.1. The Bertz CT molecular complexity index is 753. The van der Waals surface area contributed by atoms with E-state index in [9.17, 15) is 9.59 Å². The van der Waals surface area contributed by atoms with Crippen LogP contribution in [-0.2, 0) is 6.54 Å². The zero-order valence-corrected chi connectivity index (χ0v) is 13.0. The number of carboxylic acids is 1. The Kier molecular flexibility index (Phi) is 4.91. The van der Waals surface area contributed by atoms with E-state index in [0.717, 1.165) is 19.3 Å². The van der Waals surface area contributed by atoms with Gasteiger partial charge < -0.3 is 9.67 Å². The number of aromatic carboxylic acids is 1. The van der Waals surface area contributed by atoms with Crippen LogP contribution in [0, 0.1) is 0 Å². The number of halogens is 2. The van der Waals surface area contributed by atoms with Gasteiger partial charge in [0, 0.05) is 18.0 Å². The number of hydrogen-bond donors (Lipinski definition) is 1. The van der Waals surface area contributed by atoms with Crippen molar-refractivity contribution in [3.63, 3.8) is 0 Å². The van der Waals surface area contributed by atoms with Gasteiger partial charge in [-0.05, 0) is 18.6 Å². The van der Waals surface area contributed by atoms with Crippen LogP contribution < -0.4 is 5.56 Å². The molecule has 4 nitrogen and oxygen atoms in total. The third-order valence-electron chi connectivity index (χ3n) is 3.38. The highest BCUT2D eigenvalue weighted by atomic mass is 35.5. The number of rotatable bonds is 5. The Morgan fingerprint density at radius 1 is 1.29 bits per heavy atom. The Hall–Kier alpha value is -1.52. The molecule has 0 saturated carbocycles. The second-order valence-electron chi connectivity index (χ2n) is 4.82. The van der Waals surface area contributed by atoms with E-state index in [-0.39, 0.29) is 21.2 Å². The van der Waals surface area contributed by atoms with Gasteiger partial charge in [-0.1, -0.05) is 43.0 Å². The molecule has 2 rings (SSSR count). The number of unbranched alkanes of at least 4 members (excludes halogenated alkanes) is 2. The van der Waals surface area contributed by atoms with Crippen LogP contribution in [0.2, 0.25) is 10.0 Å². The summed E-state index contributed by atoms with van der Waals surface area (Å²) in [7, 11) is 0. The van der Waals surface area contributed by atoms with Crippen molar-refractivity contribution >= 4 is 40.1 Å². The largest absolute Gasteiger partial charge is 0.478 e. The quantitative estimate of drug-likeness (QED) is 0.837. The number of hydrogen-bond acceptors (Lipinski definition) is 2. The van der Waals surface area contributed by atoms with E-state index in [2.05, 4.69) is 6.92 Å². The molecule has 0 saturated heterocycles. The summed E-state index contributed by atoms with van der Waals surface area (Å²) in [4.78, 5) is 23.2. The first-order valence-electron chi connectivity index (χ1n) is 6.72. The Morgan fingerprint density at radius 3 is 2.62 bits per heavy atom. The highest BCUT2D eigenvalue weighted by Crippen LogP contribution is 2.32. The minimum absolute atomic E-state index is 0.0369. The van der Waals surface area contributed by atoms with E-state index in [1.807, 2.05) is 0 Å². The molecule has 0 atom stereocenters. The topological polar surface area (TPSA) is 59.3 Å². The summed E-state index contributed by atoms with van der Waals surface area (Å²) in [5.41, 5.74) is 0.289. The SMILES string of the molecule is CCCCCn1c(=O)ccc2c(Cl)c(C(=O)O)c(Cl)cc21. The Labute approximate surface area is 131 Å². The molecule has 2 aromatic rings. The predicted octanol–water partition coefficient (Wildman–Crippen LogP) is 4.20. The van der Waals surface area contributed by atoms with Gasteiger partial charge in [-0.25, -0.2) is 4.79 Å². The van der Waals surface area contributed by atoms with Gasteiger partial charge in [0.25, 0.3) is 5.56 Å². The summed E-state index contributed by atoms with van der Waals surface area (Å²) < 4.78 is 1.59. The summed E-state index contributed by atoms with van der Waals surface area (Å²) in [6.45, 7) is 2.64. The predicted molar refractivity (Wildman–Crippen MR) is 84.7 cm³/mol. The third kappa shape index (κ3) is 3.06. The lowest BCUT2D eigenvalue weighted by Crippen LogP contribution is -2.19. The molecule has 1 N–H and O–H groups in total. The van der Waals surface area contributed by atoms with Gasteiger partial charge >= 0.3 is 5.97 Å². The molecule has 1 aromatic heterocycles. The summed E-state index contributed by atoms with van der Waals surface area (Å²) in [6.07, 6.45) is 2.92. The van der Waals surface area contributed by atoms with Crippen molar-refractivity contribution in [3.8, 4) is 0 Å². The lowest BCUT2D eigenvalue weighted by Gasteiger charge is -2.13. The fourth-order valence-electron chi connectivity index (χ4n) is 2.31. The standard InChI is InChI=1S/C15H15Cl2NO3/c1-2-3-4-7-18-11-8-10(16)13(15(20)21)14(17)9(11)5-6-12(18)19/h5-6,8H,2-4,7H2,1H3,(H,20,21). The fourth-order valence-corrected chi connectivity index (χ4v) is 2.98. The van der Waals surface area contributed by atoms with Crippen molar-refractivity contribution in [1.29, 1.82) is 0 Å². The molecule has 1 heterocycles. The van der Waals surface area contributed by atoms with Crippen LogP contribution in [0.15, 0.2) is 23.0 Å². The van der Waals surface area contributed by atoms with E-state index in [1.54, 1.807) is 10.6 Å². The maximum Gasteiger partial charge on any atom is 0.338 e. The molecule has 0 fully saturated rings. The van der Waals surface area contributed by atoms with E-state index >= 15 is 0 Å². The molecule has 0 bridgehead atoms. The number of aryl methyl sites for hydroxylation is 1. The molecule has 0 unspecified atom stereocenters. The van der Waals surface area contributed by atoms with Gasteiger partial charge in [0.2, 0.25) is 0 Å². The van der Waals surface area contributed by atoms with Crippen LogP contribution in [-0.4, -0.2) is 15.6 Å². The van der Waals surface area contributed by atoms with Crippen LogP contribution >= 0.6 is 23.2 Å². The van der Waals surface area contributed by atoms with Crippen LogP contribution in [0.5, 0.6) is 0 Å². The summed E-state index contributed by atoms with van der Waals surface area (Å²) in [5, 5.41) is 9.79. The average molecular weight is 328 g/mol. The zero-order chi connectivity index (χ0) is 15.6. The molecule has 21 heavy (non-hydrogen) atoms. The first kappa shape index (κ1) is 15.9. The number of carbonyl (C=O) groups is 1. The number of aromatic nitrogens is 1. The molecular formula is C15H15Cl2NO3. The maximum absolute atomic E-state index is 12.0. The Balaban J connectivity index is 2.68. The maximum atomic E-state index is 12.0. The highest BCUT2D eigenvalue weighted by molar-refractivity contribution is 6.42. The normalized spacial score (nSPS) is 11.0. The molecular weight excluding hydrogens is 313 g/mol. The van der Waals surface area contributed by atoms with Gasteiger partial charge in [-0.2, -0.15) is 0 Å². The van der Waals surface area contributed by atoms with Crippen molar-refractivity contribution in [2.24, 2.45) is 0 Å². The highest BCUT2D eigenvalue weighted by Gasteiger charge is 2.18. The molecule has 1 aromatic carbocycles. The minimum Gasteiger partial charge on any atom is -0.478 e. The smallest absolute Gasteiger partial charge is 0.338 e. The minimum atomic E-state index is -1.18. The van der Waals surface area contributed by atoms with Crippen molar-refractivity contribution in [3.05, 3.63) is 44.2 Å². The first-order chi connectivity index (χ1) is 9.97. The zero-order valence-electron chi connectivity index (χ0n) is 11.5. The van der Waals surface area contributed by atoms with E-state index in [0.29, 0.717) is 17.4 Å². The monoisotopic (exact) mass is 327 g/mol. The number of benzene rings is 1. The lowest BCUT2D eigenvalue weighted by molar-refractivity contribution is 0.0697. The molecule has 0 aliphatic carbocycles. The third-order valence-corrected chi connectivity index (χ3v) is 4.07. The molecule has 0 aliphatic rings.